The summed E-state index contributed by atoms with van der Waals surface area (Å²) in [5, 5.41) is 6.49. The molecule has 2 N–H and O–H groups in total. The zero-order valence-electron chi connectivity index (χ0n) is 12.9. The van der Waals surface area contributed by atoms with Gasteiger partial charge in [0.05, 0.1) is 5.56 Å². The van der Waals surface area contributed by atoms with Crippen LogP contribution in [0.2, 0.25) is 0 Å². The van der Waals surface area contributed by atoms with E-state index in [1.807, 2.05) is 31.2 Å². The fourth-order valence-corrected chi connectivity index (χ4v) is 2.22. The van der Waals surface area contributed by atoms with Gasteiger partial charge in [-0.2, -0.15) is 4.98 Å². The molecule has 1 saturated carbocycles. The molecule has 22 heavy (non-hydrogen) atoms. The van der Waals surface area contributed by atoms with E-state index in [0.29, 0.717) is 17.3 Å². The van der Waals surface area contributed by atoms with Gasteiger partial charge in [0.1, 0.15) is 5.82 Å². The number of hydrogen-bond acceptors (Lipinski definition) is 5. The lowest BCUT2D eigenvalue weighted by Gasteiger charge is -2.13. The Hall–Kier alpha value is -2.43. The lowest BCUT2D eigenvalue weighted by Crippen LogP contribution is -2.11. The molecule has 0 spiro atoms. The van der Waals surface area contributed by atoms with Crippen molar-refractivity contribution in [2.24, 2.45) is 5.92 Å². The SMILES string of the molecule is CC(=O)c1cnc(NCC2CC2)nc1Nc1ccccc1C. The first kappa shape index (κ1) is 14.5. The molecule has 1 aromatic heterocycles. The topological polar surface area (TPSA) is 66.9 Å². The predicted molar refractivity (Wildman–Crippen MR) is 87.7 cm³/mol. The highest BCUT2D eigenvalue weighted by atomic mass is 16.1. The Morgan fingerprint density at radius 2 is 2.09 bits per heavy atom. The summed E-state index contributed by atoms with van der Waals surface area (Å²) in [6, 6.07) is 7.92. The smallest absolute Gasteiger partial charge is 0.224 e. The summed E-state index contributed by atoms with van der Waals surface area (Å²) in [5.74, 6) is 1.80. The van der Waals surface area contributed by atoms with Crippen molar-refractivity contribution in [3.05, 3.63) is 41.6 Å². The maximum absolute atomic E-state index is 11.8. The number of nitrogens with one attached hydrogen (secondary N) is 2. The van der Waals surface area contributed by atoms with Crippen LogP contribution >= 0.6 is 0 Å². The molecule has 0 atom stereocenters. The molecule has 3 rings (SSSR count). The molecule has 2 aromatic rings. The highest BCUT2D eigenvalue weighted by molar-refractivity contribution is 5.99. The van der Waals surface area contributed by atoms with Gasteiger partial charge in [0, 0.05) is 18.4 Å². The van der Waals surface area contributed by atoms with Gasteiger partial charge in [-0.05, 0) is 44.2 Å². The fraction of sp³-hybridized carbons (Fsp3) is 0.353. The van der Waals surface area contributed by atoms with Gasteiger partial charge in [-0.15, -0.1) is 0 Å². The zero-order chi connectivity index (χ0) is 15.5. The zero-order valence-corrected chi connectivity index (χ0v) is 12.9. The van der Waals surface area contributed by atoms with E-state index in [1.165, 1.54) is 19.8 Å². The summed E-state index contributed by atoms with van der Waals surface area (Å²) < 4.78 is 0. The van der Waals surface area contributed by atoms with Crippen molar-refractivity contribution < 1.29 is 4.79 Å². The van der Waals surface area contributed by atoms with Crippen molar-refractivity contribution in [2.45, 2.75) is 26.7 Å². The maximum atomic E-state index is 11.8. The van der Waals surface area contributed by atoms with Crippen LogP contribution in [0.1, 0.15) is 35.7 Å². The summed E-state index contributed by atoms with van der Waals surface area (Å²) in [5.41, 5.74) is 2.54. The van der Waals surface area contributed by atoms with Crippen molar-refractivity contribution in [3.63, 3.8) is 0 Å². The Bertz CT molecular complexity index is 695. The summed E-state index contributed by atoms with van der Waals surface area (Å²) >= 11 is 0. The second-order valence-electron chi connectivity index (χ2n) is 5.78. The Labute approximate surface area is 130 Å². The van der Waals surface area contributed by atoms with Gasteiger partial charge in [0.25, 0.3) is 0 Å². The second kappa shape index (κ2) is 6.13. The Morgan fingerprint density at radius 1 is 1.32 bits per heavy atom. The number of carbonyl (C=O) groups excluding carboxylic acids is 1. The van der Waals surface area contributed by atoms with Gasteiger partial charge >= 0.3 is 0 Å². The first-order valence-electron chi connectivity index (χ1n) is 7.58. The molecular formula is C17H20N4O. The average molecular weight is 296 g/mol. The third-order valence-corrected chi connectivity index (χ3v) is 3.81. The molecule has 0 bridgehead atoms. The summed E-state index contributed by atoms with van der Waals surface area (Å²) in [4.78, 5) is 20.5. The van der Waals surface area contributed by atoms with Crippen molar-refractivity contribution in [2.75, 3.05) is 17.2 Å². The number of aromatic nitrogens is 2. The van der Waals surface area contributed by atoms with Crippen LogP contribution < -0.4 is 10.6 Å². The second-order valence-corrected chi connectivity index (χ2v) is 5.78. The lowest BCUT2D eigenvalue weighted by molar-refractivity contribution is 0.101. The van der Waals surface area contributed by atoms with Gasteiger partial charge < -0.3 is 10.6 Å². The highest BCUT2D eigenvalue weighted by Gasteiger charge is 2.21. The molecule has 1 aliphatic carbocycles. The van der Waals surface area contributed by atoms with Crippen molar-refractivity contribution >= 4 is 23.2 Å². The molecule has 1 aromatic carbocycles. The molecule has 5 nitrogen and oxygen atoms in total. The van der Waals surface area contributed by atoms with E-state index in [-0.39, 0.29) is 5.78 Å². The van der Waals surface area contributed by atoms with E-state index in [0.717, 1.165) is 23.7 Å². The standard InChI is InChI=1S/C17H20N4O/c1-11-5-3-4-6-15(11)20-16-14(12(2)22)10-19-17(21-16)18-9-13-7-8-13/h3-6,10,13H,7-9H2,1-2H3,(H2,18,19,20,21). The quantitative estimate of drug-likeness (QED) is 0.798. The summed E-state index contributed by atoms with van der Waals surface area (Å²) in [7, 11) is 0. The number of nitrogens with zero attached hydrogens (tertiary/aromatic N) is 2. The predicted octanol–water partition coefficient (Wildman–Crippen LogP) is 3.55. The van der Waals surface area contributed by atoms with Crippen LogP contribution in [0.3, 0.4) is 0 Å². The van der Waals surface area contributed by atoms with Gasteiger partial charge in [0.2, 0.25) is 5.95 Å². The minimum atomic E-state index is -0.0511. The molecule has 1 aliphatic rings. The molecule has 0 saturated heterocycles. The number of hydrogen-bond donors (Lipinski definition) is 2. The number of carbonyl (C=O) groups is 1. The van der Waals surface area contributed by atoms with Crippen molar-refractivity contribution in [3.8, 4) is 0 Å². The number of aryl methyl sites for hydroxylation is 1. The lowest BCUT2D eigenvalue weighted by atomic mass is 10.2. The number of ketones is 1. The van der Waals surface area contributed by atoms with Crippen LogP contribution in [0.25, 0.3) is 0 Å². The monoisotopic (exact) mass is 296 g/mol. The van der Waals surface area contributed by atoms with Crippen molar-refractivity contribution in [1.82, 2.24) is 9.97 Å². The van der Waals surface area contributed by atoms with Crippen LogP contribution in [0.5, 0.6) is 0 Å². The third-order valence-electron chi connectivity index (χ3n) is 3.81. The summed E-state index contributed by atoms with van der Waals surface area (Å²) in [6.45, 7) is 4.44. The van der Waals surface area contributed by atoms with E-state index >= 15 is 0 Å². The van der Waals surface area contributed by atoms with Crippen molar-refractivity contribution in [1.29, 1.82) is 0 Å². The maximum Gasteiger partial charge on any atom is 0.224 e. The van der Waals surface area contributed by atoms with Crippen LogP contribution in [-0.2, 0) is 0 Å². The third kappa shape index (κ3) is 3.42. The molecule has 0 unspecified atom stereocenters. The van der Waals surface area contributed by atoms with Crippen LogP contribution in [-0.4, -0.2) is 22.3 Å². The van der Waals surface area contributed by atoms with Gasteiger partial charge in [-0.3, -0.25) is 4.79 Å². The number of benzene rings is 1. The normalized spacial score (nSPS) is 13.7. The van der Waals surface area contributed by atoms with Gasteiger partial charge in [-0.25, -0.2) is 4.98 Å². The molecular weight excluding hydrogens is 276 g/mol. The average Bonchev–Trinajstić information content (AvgIpc) is 3.32. The Balaban J connectivity index is 1.86. The van der Waals surface area contributed by atoms with Gasteiger partial charge in [0.15, 0.2) is 5.78 Å². The van der Waals surface area contributed by atoms with E-state index < -0.39 is 0 Å². The van der Waals surface area contributed by atoms with E-state index in [2.05, 4.69) is 20.6 Å². The van der Waals surface area contributed by atoms with E-state index in [1.54, 1.807) is 6.20 Å². The molecule has 0 aliphatic heterocycles. The largest absolute Gasteiger partial charge is 0.354 e. The van der Waals surface area contributed by atoms with Crippen LogP contribution in [0.15, 0.2) is 30.5 Å². The number of rotatable bonds is 6. The van der Waals surface area contributed by atoms with Gasteiger partial charge in [-0.1, -0.05) is 18.2 Å². The minimum absolute atomic E-state index is 0.0511. The molecule has 0 amide bonds. The number of para-hydroxylation sites is 1. The molecule has 114 valence electrons. The molecule has 0 radical (unpaired) electrons. The number of Topliss-reactive ketones (excluding diaryl/α,β-unsaturated/α-hetero) is 1. The molecule has 5 heteroatoms. The molecule has 1 heterocycles. The van der Waals surface area contributed by atoms with Crippen LogP contribution in [0, 0.1) is 12.8 Å². The number of anilines is 3. The van der Waals surface area contributed by atoms with Crippen LogP contribution in [0.4, 0.5) is 17.5 Å². The summed E-state index contributed by atoms with van der Waals surface area (Å²) in [6.07, 6.45) is 4.13. The Morgan fingerprint density at radius 3 is 2.77 bits per heavy atom. The first-order valence-corrected chi connectivity index (χ1v) is 7.58. The Kier molecular flexibility index (Phi) is 4.04. The minimum Gasteiger partial charge on any atom is -0.354 e. The van der Waals surface area contributed by atoms with E-state index in [4.69, 9.17) is 0 Å². The van der Waals surface area contributed by atoms with E-state index in [9.17, 15) is 4.79 Å². The first-order chi connectivity index (χ1) is 10.6. The highest BCUT2D eigenvalue weighted by Crippen LogP contribution is 2.29. The molecule has 1 fully saturated rings. The fourth-order valence-electron chi connectivity index (χ4n) is 2.22.